The smallest absolute Gasteiger partial charge is 0.338 e. The number of ether oxygens (including phenoxy) is 2. The number of pyridine rings is 1. The van der Waals surface area contributed by atoms with Gasteiger partial charge in [0, 0.05) is 18.5 Å². The standard InChI is InChI=1S/C17H17ClN2O4/c1-11(16(21)20-6-8-23-9-7-20)24-17(22)13-2-4-14-12(10-13)3-5-15(18)19-14/h2-5,10-11H,6-9H2,1H3. The molecule has 3 rings (SSSR count). The second-order valence-corrected chi connectivity index (χ2v) is 5.91. The van der Waals surface area contributed by atoms with Crippen molar-refractivity contribution in [3.63, 3.8) is 0 Å². The third-order valence-electron chi connectivity index (χ3n) is 3.85. The Labute approximate surface area is 144 Å². The first-order chi connectivity index (χ1) is 11.5. The molecule has 0 aliphatic carbocycles. The van der Waals surface area contributed by atoms with Crippen LogP contribution in [0.25, 0.3) is 10.9 Å². The molecule has 0 spiro atoms. The molecule has 0 N–H and O–H groups in total. The lowest BCUT2D eigenvalue weighted by molar-refractivity contribution is -0.143. The first-order valence-electron chi connectivity index (χ1n) is 7.68. The van der Waals surface area contributed by atoms with Gasteiger partial charge in [-0.1, -0.05) is 11.6 Å². The molecule has 1 aliphatic rings. The van der Waals surface area contributed by atoms with Crippen molar-refractivity contribution in [1.82, 2.24) is 9.88 Å². The van der Waals surface area contributed by atoms with Crippen molar-refractivity contribution in [2.75, 3.05) is 26.3 Å². The molecular formula is C17H17ClN2O4. The largest absolute Gasteiger partial charge is 0.449 e. The van der Waals surface area contributed by atoms with E-state index >= 15 is 0 Å². The van der Waals surface area contributed by atoms with Crippen molar-refractivity contribution in [3.05, 3.63) is 41.0 Å². The van der Waals surface area contributed by atoms with E-state index in [0.29, 0.717) is 42.5 Å². The average Bonchev–Trinajstić information content (AvgIpc) is 2.61. The van der Waals surface area contributed by atoms with E-state index in [9.17, 15) is 9.59 Å². The molecule has 0 saturated carbocycles. The molecule has 1 saturated heterocycles. The summed E-state index contributed by atoms with van der Waals surface area (Å²) in [5.74, 6) is -0.748. The van der Waals surface area contributed by atoms with Crippen LogP contribution in [-0.4, -0.2) is 54.2 Å². The van der Waals surface area contributed by atoms with Gasteiger partial charge >= 0.3 is 5.97 Å². The van der Waals surface area contributed by atoms with Gasteiger partial charge in [-0.15, -0.1) is 0 Å². The Morgan fingerprint density at radius 2 is 2.00 bits per heavy atom. The maximum absolute atomic E-state index is 12.3. The summed E-state index contributed by atoms with van der Waals surface area (Å²) < 4.78 is 10.5. The molecule has 1 unspecified atom stereocenters. The maximum atomic E-state index is 12.3. The van der Waals surface area contributed by atoms with Crippen LogP contribution >= 0.6 is 11.6 Å². The quantitative estimate of drug-likeness (QED) is 0.629. The van der Waals surface area contributed by atoms with Crippen LogP contribution in [0.15, 0.2) is 30.3 Å². The van der Waals surface area contributed by atoms with Crippen LogP contribution in [0.2, 0.25) is 5.15 Å². The molecule has 126 valence electrons. The molecule has 1 atom stereocenters. The number of hydrogen-bond acceptors (Lipinski definition) is 5. The van der Waals surface area contributed by atoms with Crippen LogP contribution in [0.1, 0.15) is 17.3 Å². The van der Waals surface area contributed by atoms with Gasteiger partial charge in [-0.25, -0.2) is 9.78 Å². The first-order valence-corrected chi connectivity index (χ1v) is 8.06. The van der Waals surface area contributed by atoms with Crippen molar-refractivity contribution < 1.29 is 19.1 Å². The second-order valence-electron chi connectivity index (χ2n) is 5.53. The second kappa shape index (κ2) is 7.15. The summed E-state index contributed by atoms with van der Waals surface area (Å²) in [5, 5.41) is 1.17. The Morgan fingerprint density at radius 1 is 1.25 bits per heavy atom. The predicted molar refractivity (Wildman–Crippen MR) is 89.0 cm³/mol. The van der Waals surface area contributed by atoms with E-state index in [1.54, 1.807) is 42.2 Å². The Kier molecular flexibility index (Phi) is 4.97. The van der Waals surface area contributed by atoms with Crippen LogP contribution in [0.3, 0.4) is 0 Å². The van der Waals surface area contributed by atoms with Crippen LogP contribution < -0.4 is 0 Å². The van der Waals surface area contributed by atoms with Crippen molar-refractivity contribution in [2.45, 2.75) is 13.0 Å². The molecule has 2 heterocycles. The molecule has 1 fully saturated rings. The van der Waals surface area contributed by atoms with E-state index in [1.165, 1.54) is 0 Å². The number of carbonyl (C=O) groups is 2. The van der Waals surface area contributed by atoms with Crippen molar-refractivity contribution in [1.29, 1.82) is 0 Å². The fourth-order valence-electron chi connectivity index (χ4n) is 2.55. The van der Waals surface area contributed by atoms with Crippen LogP contribution in [-0.2, 0) is 14.3 Å². The number of amides is 1. The van der Waals surface area contributed by atoms with E-state index in [4.69, 9.17) is 21.1 Å². The summed E-state index contributed by atoms with van der Waals surface area (Å²) in [6.45, 7) is 3.63. The molecule has 24 heavy (non-hydrogen) atoms. The monoisotopic (exact) mass is 348 g/mol. The van der Waals surface area contributed by atoms with E-state index in [1.807, 2.05) is 0 Å². The van der Waals surface area contributed by atoms with Crippen molar-refractivity contribution in [2.24, 2.45) is 0 Å². The highest BCUT2D eigenvalue weighted by Crippen LogP contribution is 2.18. The minimum Gasteiger partial charge on any atom is -0.449 e. The summed E-state index contributed by atoms with van der Waals surface area (Å²) in [5.41, 5.74) is 1.06. The van der Waals surface area contributed by atoms with Gasteiger partial charge in [0.05, 0.1) is 24.3 Å². The van der Waals surface area contributed by atoms with Crippen LogP contribution in [0.4, 0.5) is 0 Å². The summed E-state index contributed by atoms with van der Waals surface area (Å²) in [4.78, 5) is 30.4. The fraction of sp³-hybridized carbons (Fsp3) is 0.353. The topological polar surface area (TPSA) is 68.7 Å². The molecule has 0 bridgehead atoms. The third kappa shape index (κ3) is 3.66. The molecule has 0 radical (unpaired) electrons. The number of esters is 1. The maximum Gasteiger partial charge on any atom is 0.338 e. The number of nitrogens with zero attached hydrogens (tertiary/aromatic N) is 2. The lowest BCUT2D eigenvalue weighted by Crippen LogP contribution is -2.46. The van der Waals surface area contributed by atoms with Gasteiger partial charge in [0.1, 0.15) is 5.15 Å². The number of hydrogen-bond donors (Lipinski definition) is 0. The van der Waals surface area contributed by atoms with Gasteiger partial charge in [-0.05, 0) is 37.3 Å². The SMILES string of the molecule is CC(OC(=O)c1ccc2nc(Cl)ccc2c1)C(=O)N1CCOCC1. The number of halogens is 1. The molecule has 1 amide bonds. The van der Waals surface area contributed by atoms with Gasteiger partial charge in [-0.2, -0.15) is 0 Å². The third-order valence-corrected chi connectivity index (χ3v) is 4.06. The van der Waals surface area contributed by atoms with E-state index in [2.05, 4.69) is 4.98 Å². The molecule has 1 aromatic carbocycles. The zero-order chi connectivity index (χ0) is 17.1. The summed E-state index contributed by atoms with van der Waals surface area (Å²) in [7, 11) is 0. The molecule has 1 aromatic heterocycles. The summed E-state index contributed by atoms with van der Waals surface area (Å²) in [6.07, 6.45) is -0.838. The Bertz CT molecular complexity index is 774. The Hall–Kier alpha value is -2.18. The minimum absolute atomic E-state index is 0.208. The fourth-order valence-corrected chi connectivity index (χ4v) is 2.70. The van der Waals surface area contributed by atoms with Gasteiger partial charge < -0.3 is 14.4 Å². The number of benzene rings is 1. The number of fused-ring (bicyclic) bond motifs is 1. The zero-order valence-corrected chi connectivity index (χ0v) is 14.0. The zero-order valence-electron chi connectivity index (χ0n) is 13.2. The number of carbonyl (C=O) groups excluding carboxylic acids is 2. The molecule has 1 aliphatic heterocycles. The number of rotatable bonds is 3. The Morgan fingerprint density at radius 3 is 2.75 bits per heavy atom. The van der Waals surface area contributed by atoms with Gasteiger partial charge in [0.25, 0.3) is 5.91 Å². The van der Waals surface area contributed by atoms with Crippen LogP contribution in [0, 0.1) is 0 Å². The van der Waals surface area contributed by atoms with Gasteiger partial charge in [0.15, 0.2) is 6.10 Å². The summed E-state index contributed by atoms with van der Waals surface area (Å²) in [6, 6.07) is 8.42. The molecular weight excluding hydrogens is 332 g/mol. The minimum atomic E-state index is -0.838. The average molecular weight is 349 g/mol. The van der Waals surface area contributed by atoms with Crippen molar-refractivity contribution >= 4 is 34.4 Å². The Balaban J connectivity index is 1.69. The molecule has 2 aromatic rings. The first kappa shape index (κ1) is 16.7. The lowest BCUT2D eigenvalue weighted by atomic mass is 10.1. The molecule has 6 nitrogen and oxygen atoms in total. The lowest BCUT2D eigenvalue weighted by Gasteiger charge is -2.28. The van der Waals surface area contributed by atoms with E-state index in [0.717, 1.165) is 5.39 Å². The predicted octanol–water partition coefficient (Wildman–Crippen LogP) is 2.29. The van der Waals surface area contributed by atoms with E-state index in [-0.39, 0.29) is 5.91 Å². The molecule has 7 heteroatoms. The highest BCUT2D eigenvalue weighted by molar-refractivity contribution is 6.29. The number of morpholine rings is 1. The van der Waals surface area contributed by atoms with Crippen LogP contribution in [0.5, 0.6) is 0 Å². The normalized spacial score (nSPS) is 16.0. The summed E-state index contributed by atoms with van der Waals surface area (Å²) >= 11 is 5.84. The van der Waals surface area contributed by atoms with E-state index < -0.39 is 12.1 Å². The number of aromatic nitrogens is 1. The van der Waals surface area contributed by atoms with Crippen molar-refractivity contribution in [3.8, 4) is 0 Å². The highest BCUT2D eigenvalue weighted by atomic mass is 35.5. The van der Waals surface area contributed by atoms with Gasteiger partial charge in [-0.3, -0.25) is 4.79 Å². The van der Waals surface area contributed by atoms with Gasteiger partial charge in [0.2, 0.25) is 0 Å². The highest BCUT2D eigenvalue weighted by Gasteiger charge is 2.25.